The first-order valence-electron chi connectivity index (χ1n) is 5.05. The van der Waals surface area contributed by atoms with Gasteiger partial charge in [0.2, 0.25) is 0 Å². The smallest absolute Gasteiger partial charge is 0.353 e. The number of hydrogen-bond acceptors (Lipinski definition) is 1. The van der Waals surface area contributed by atoms with Crippen LogP contribution < -0.4 is 0 Å². The fourth-order valence-corrected chi connectivity index (χ4v) is 1.97. The fraction of sp³-hybridized carbons (Fsp3) is 0.364. The molecule has 0 spiro atoms. The normalized spacial score (nSPS) is 24.5. The number of quaternary nitrogens is 1. The van der Waals surface area contributed by atoms with E-state index >= 15 is 0 Å². The molecule has 4 nitrogen and oxygen atoms in total. The van der Waals surface area contributed by atoms with Gasteiger partial charge in [0.05, 0.1) is 12.1 Å². The second-order valence-corrected chi connectivity index (χ2v) is 3.89. The van der Waals surface area contributed by atoms with Crippen molar-refractivity contribution in [1.82, 2.24) is 0 Å². The third-order valence-corrected chi connectivity index (χ3v) is 2.92. The Morgan fingerprint density at radius 3 is 2.80 bits per heavy atom. The van der Waals surface area contributed by atoms with Gasteiger partial charge in [-0.2, -0.15) is 4.79 Å². The summed E-state index contributed by atoms with van der Waals surface area (Å²) < 4.78 is -0.337. The Hall–Kier alpha value is -1.48. The third kappa shape index (κ3) is 1.70. The van der Waals surface area contributed by atoms with Gasteiger partial charge >= 0.3 is 5.71 Å². The first kappa shape index (κ1) is 10.1. The molecule has 0 bridgehead atoms. The lowest BCUT2D eigenvalue weighted by Gasteiger charge is -2.42. The maximum Gasteiger partial charge on any atom is 0.353 e. The summed E-state index contributed by atoms with van der Waals surface area (Å²) in [5, 5.41) is 12.2. The topological polar surface area (TPSA) is 59.5 Å². The van der Waals surface area contributed by atoms with Crippen molar-refractivity contribution < 1.29 is 9.44 Å². The number of likely N-dealkylation sites (N-methyl/N-ethyl adjacent to an activating group) is 1. The zero-order valence-corrected chi connectivity index (χ0v) is 8.68. The molecule has 1 aliphatic heterocycles. The zero-order valence-electron chi connectivity index (χ0n) is 8.68. The maximum absolute atomic E-state index is 12.2. The van der Waals surface area contributed by atoms with Crippen LogP contribution in [0.1, 0.15) is 18.1 Å². The van der Waals surface area contributed by atoms with Crippen molar-refractivity contribution in [1.29, 1.82) is 0 Å². The summed E-state index contributed by atoms with van der Waals surface area (Å²) in [6.45, 7) is 3.07. The Bertz CT molecular complexity index is 437. The summed E-state index contributed by atoms with van der Waals surface area (Å²) in [6, 6.07) is 7.60. The minimum absolute atomic E-state index is 0.254. The van der Waals surface area contributed by atoms with E-state index in [1.807, 2.05) is 31.2 Å². The summed E-state index contributed by atoms with van der Waals surface area (Å²) >= 11 is 0. The van der Waals surface area contributed by atoms with Crippen molar-refractivity contribution in [3.8, 4) is 0 Å². The van der Waals surface area contributed by atoms with E-state index < -0.39 is 0 Å². The Morgan fingerprint density at radius 2 is 2.13 bits per heavy atom. The Morgan fingerprint density at radius 1 is 1.40 bits per heavy atom. The summed E-state index contributed by atoms with van der Waals surface area (Å²) in [5.41, 5.74) is 11.3. The highest BCUT2D eigenvalue weighted by Crippen LogP contribution is 2.23. The minimum atomic E-state index is -0.337. The number of hydroxylamine groups is 3. The van der Waals surface area contributed by atoms with Gasteiger partial charge in [-0.25, -0.2) is 0 Å². The van der Waals surface area contributed by atoms with Crippen LogP contribution in [-0.4, -0.2) is 28.2 Å². The van der Waals surface area contributed by atoms with E-state index in [2.05, 4.69) is 4.79 Å². The monoisotopic (exact) mass is 203 g/mol. The van der Waals surface area contributed by atoms with Gasteiger partial charge in [0.1, 0.15) is 6.54 Å². The molecule has 1 atom stereocenters. The molecule has 1 aromatic carbocycles. The molecular weight excluding hydrogens is 190 g/mol. The van der Waals surface area contributed by atoms with Crippen molar-refractivity contribution >= 4 is 5.71 Å². The lowest BCUT2D eigenvalue weighted by atomic mass is 9.98. The fourth-order valence-electron chi connectivity index (χ4n) is 1.97. The van der Waals surface area contributed by atoms with Crippen LogP contribution in [0.5, 0.6) is 0 Å². The summed E-state index contributed by atoms with van der Waals surface area (Å²) in [4.78, 5) is 3.23. The van der Waals surface area contributed by atoms with Crippen LogP contribution >= 0.6 is 0 Å². The highest BCUT2D eigenvalue weighted by Gasteiger charge is 2.33. The number of hydrogen-bond donors (Lipinski definition) is 0. The molecule has 0 aromatic heterocycles. The van der Waals surface area contributed by atoms with Gasteiger partial charge in [0, 0.05) is 5.56 Å². The molecule has 1 unspecified atom stereocenters. The highest BCUT2D eigenvalue weighted by atomic mass is 16.5. The molecule has 1 heterocycles. The lowest BCUT2D eigenvalue weighted by molar-refractivity contribution is -0.885. The van der Waals surface area contributed by atoms with Gasteiger partial charge in [-0.15, -0.1) is 0 Å². The molecule has 0 saturated heterocycles. The third-order valence-electron chi connectivity index (χ3n) is 2.92. The predicted molar refractivity (Wildman–Crippen MR) is 56.9 cm³/mol. The van der Waals surface area contributed by atoms with Gasteiger partial charge in [0.25, 0.3) is 0 Å². The number of benzene rings is 1. The van der Waals surface area contributed by atoms with Crippen molar-refractivity contribution in [2.75, 3.05) is 13.1 Å². The second kappa shape index (κ2) is 3.59. The summed E-state index contributed by atoms with van der Waals surface area (Å²) in [7, 11) is 0. The van der Waals surface area contributed by atoms with Crippen LogP contribution in [0.2, 0.25) is 0 Å². The van der Waals surface area contributed by atoms with Gasteiger partial charge in [-0.3, -0.25) is 0 Å². The second-order valence-electron chi connectivity index (χ2n) is 3.89. The molecule has 0 saturated carbocycles. The molecule has 0 amide bonds. The molecule has 1 aromatic rings. The van der Waals surface area contributed by atoms with E-state index in [0.29, 0.717) is 18.8 Å². The summed E-state index contributed by atoms with van der Waals surface area (Å²) in [5.74, 6) is 0. The predicted octanol–water partition coefficient (Wildman–Crippen LogP) is 1.55. The molecule has 15 heavy (non-hydrogen) atoms. The number of fused-ring (bicyclic) bond motifs is 1. The first-order chi connectivity index (χ1) is 7.18. The van der Waals surface area contributed by atoms with E-state index in [1.54, 1.807) is 0 Å². The molecular formula is C11H13N3O. The van der Waals surface area contributed by atoms with Crippen LogP contribution in [0.25, 0.3) is 5.53 Å². The van der Waals surface area contributed by atoms with E-state index in [0.717, 1.165) is 11.1 Å². The Kier molecular flexibility index (Phi) is 2.40. The average Bonchev–Trinajstić information content (AvgIpc) is 2.28. The first-order valence-corrected chi connectivity index (χ1v) is 5.05. The summed E-state index contributed by atoms with van der Waals surface area (Å²) in [6.07, 6.45) is 0. The molecule has 0 N–H and O–H groups in total. The van der Waals surface area contributed by atoms with E-state index in [1.165, 1.54) is 0 Å². The van der Waals surface area contributed by atoms with E-state index in [-0.39, 0.29) is 11.2 Å². The molecule has 2 rings (SSSR count). The lowest BCUT2D eigenvalue weighted by Crippen LogP contribution is -2.49. The van der Waals surface area contributed by atoms with Crippen molar-refractivity contribution in [3.63, 3.8) is 0 Å². The van der Waals surface area contributed by atoms with Gasteiger partial charge in [-0.05, 0) is 13.0 Å². The SMILES string of the molecule is CC[N+]1([O-])CC(=[N+]=[N-])c2ccccc2C1. The molecule has 4 heteroatoms. The minimum Gasteiger partial charge on any atom is -0.632 e. The van der Waals surface area contributed by atoms with Crippen LogP contribution in [0.15, 0.2) is 24.3 Å². The number of rotatable bonds is 1. The van der Waals surface area contributed by atoms with Crippen molar-refractivity contribution in [3.05, 3.63) is 46.1 Å². The van der Waals surface area contributed by atoms with Crippen LogP contribution in [0.3, 0.4) is 0 Å². The van der Waals surface area contributed by atoms with Gasteiger partial charge in [0.15, 0.2) is 6.54 Å². The van der Waals surface area contributed by atoms with E-state index in [4.69, 9.17) is 5.53 Å². The van der Waals surface area contributed by atoms with Crippen LogP contribution in [0, 0.1) is 5.21 Å². The molecule has 0 radical (unpaired) electrons. The zero-order chi connectivity index (χ0) is 10.9. The van der Waals surface area contributed by atoms with E-state index in [9.17, 15) is 5.21 Å². The Balaban J connectivity index is 2.52. The molecule has 78 valence electrons. The number of nitrogens with zero attached hydrogens (tertiary/aromatic N) is 3. The quantitative estimate of drug-likeness (QED) is 0.295. The highest BCUT2D eigenvalue weighted by molar-refractivity contribution is 5.99. The molecule has 0 aliphatic carbocycles. The van der Waals surface area contributed by atoms with Crippen molar-refractivity contribution in [2.45, 2.75) is 13.5 Å². The van der Waals surface area contributed by atoms with Gasteiger partial charge < -0.3 is 15.4 Å². The Labute approximate surface area is 88.6 Å². The van der Waals surface area contributed by atoms with Gasteiger partial charge in [-0.1, -0.05) is 18.2 Å². The molecule has 0 fully saturated rings. The standard InChI is InChI=1S/C11H13N3O/c1-2-14(15)7-9-5-3-4-6-10(9)11(8-14)13-12/h3-6H,2,7-8H2,1H3. The largest absolute Gasteiger partial charge is 0.632 e. The average molecular weight is 203 g/mol. The van der Waals surface area contributed by atoms with Crippen molar-refractivity contribution in [2.24, 2.45) is 0 Å². The van der Waals surface area contributed by atoms with Crippen LogP contribution in [0.4, 0.5) is 0 Å². The maximum atomic E-state index is 12.2. The molecule has 1 aliphatic rings. The van der Waals surface area contributed by atoms with Crippen LogP contribution in [-0.2, 0) is 6.54 Å².